The average molecular weight is 281 g/mol. The Morgan fingerprint density at radius 2 is 1.80 bits per heavy atom. The van der Waals surface area contributed by atoms with E-state index in [1.54, 1.807) is 14.2 Å². The number of aromatic nitrogens is 2. The summed E-state index contributed by atoms with van der Waals surface area (Å²) < 4.78 is 10.5. The van der Waals surface area contributed by atoms with Gasteiger partial charge in [-0.25, -0.2) is 9.97 Å². The van der Waals surface area contributed by atoms with E-state index in [0.717, 1.165) is 31.2 Å². The topological polar surface area (TPSA) is 76.5 Å². The monoisotopic (exact) mass is 281 g/mol. The van der Waals surface area contributed by atoms with Gasteiger partial charge in [0, 0.05) is 12.6 Å². The van der Waals surface area contributed by atoms with E-state index in [9.17, 15) is 5.11 Å². The van der Waals surface area contributed by atoms with Crippen LogP contribution in [-0.4, -0.2) is 41.4 Å². The van der Waals surface area contributed by atoms with Gasteiger partial charge in [-0.05, 0) is 12.8 Å². The molecule has 112 valence electrons. The summed E-state index contributed by atoms with van der Waals surface area (Å²) in [5.41, 5.74) is 0.786. The second-order valence-electron chi connectivity index (χ2n) is 5.06. The Bertz CT molecular complexity index is 406. The summed E-state index contributed by atoms with van der Waals surface area (Å²) in [6, 6.07) is 0.104. The minimum absolute atomic E-state index is 0.104. The molecule has 0 saturated heterocycles. The van der Waals surface area contributed by atoms with Crippen molar-refractivity contribution in [1.82, 2.24) is 15.3 Å². The summed E-state index contributed by atoms with van der Waals surface area (Å²) in [4.78, 5) is 8.18. The zero-order valence-corrected chi connectivity index (χ0v) is 12.1. The lowest BCUT2D eigenvalue weighted by Gasteiger charge is -2.22. The van der Waals surface area contributed by atoms with Gasteiger partial charge in [-0.2, -0.15) is 0 Å². The molecule has 0 amide bonds. The predicted molar refractivity (Wildman–Crippen MR) is 74.9 cm³/mol. The minimum atomic E-state index is -0.292. The van der Waals surface area contributed by atoms with Crippen LogP contribution in [0.4, 0.5) is 0 Å². The maximum absolute atomic E-state index is 10.1. The molecule has 2 N–H and O–H groups in total. The van der Waals surface area contributed by atoms with Crippen molar-refractivity contribution in [2.45, 2.75) is 50.8 Å². The number of methoxy groups -OCH3 is 2. The highest BCUT2D eigenvalue weighted by molar-refractivity contribution is 5.34. The number of ether oxygens (including phenoxy) is 2. The van der Waals surface area contributed by atoms with Gasteiger partial charge in [0.15, 0.2) is 0 Å². The Labute approximate surface area is 119 Å². The highest BCUT2D eigenvalue weighted by Gasteiger charge is 2.22. The molecule has 1 heterocycles. The van der Waals surface area contributed by atoms with Gasteiger partial charge in [0.2, 0.25) is 11.8 Å². The van der Waals surface area contributed by atoms with Crippen molar-refractivity contribution in [3.8, 4) is 11.8 Å². The van der Waals surface area contributed by atoms with Crippen molar-refractivity contribution in [2.75, 3.05) is 14.2 Å². The van der Waals surface area contributed by atoms with Crippen LogP contribution in [0, 0.1) is 0 Å². The Balaban J connectivity index is 2.05. The summed E-state index contributed by atoms with van der Waals surface area (Å²) >= 11 is 0. The quantitative estimate of drug-likeness (QED) is 0.792. The van der Waals surface area contributed by atoms with Gasteiger partial charge >= 0.3 is 0 Å². The van der Waals surface area contributed by atoms with Gasteiger partial charge in [0.05, 0.1) is 25.9 Å². The Morgan fingerprint density at radius 3 is 2.45 bits per heavy atom. The molecule has 0 aliphatic heterocycles. The second-order valence-corrected chi connectivity index (χ2v) is 5.06. The molecule has 2 atom stereocenters. The molecule has 2 unspecified atom stereocenters. The van der Waals surface area contributed by atoms with Crippen LogP contribution in [0.2, 0.25) is 0 Å². The van der Waals surface area contributed by atoms with Crippen LogP contribution in [0.1, 0.15) is 37.7 Å². The SMILES string of the molecule is COc1ncnc(OC)c1CNC1CCCCCC1O. The number of hydrogen-bond acceptors (Lipinski definition) is 6. The molecule has 1 aliphatic carbocycles. The third kappa shape index (κ3) is 3.58. The third-order valence-corrected chi connectivity index (χ3v) is 3.77. The van der Waals surface area contributed by atoms with E-state index < -0.39 is 0 Å². The largest absolute Gasteiger partial charge is 0.481 e. The summed E-state index contributed by atoms with van der Waals surface area (Å²) in [5, 5.41) is 13.5. The van der Waals surface area contributed by atoms with Crippen LogP contribution in [-0.2, 0) is 6.54 Å². The summed E-state index contributed by atoms with van der Waals surface area (Å²) in [6.45, 7) is 0.523. The Kier molecular flexibility index (Phi) is 5.55. The van der Waals surface area contributed by atoms with E-state index in [2.05, 4.69) is 15.3 Å². The smallest absolute Gasteiger partial charge is 0.224 e. The molecular weight excluding hydrogens is 258 g/mol. The van der Waals surface area contributed by atoms with Gasteiger partial charge in [-0.15, -0.1) is 0 Å². The van der Waals surface area contributed by atoms with Crippen molar-refractivity contribution >= 4 is 0 Å². The van der Waals surface area contributed by atoms with Gasteiger partial charge in [0.25, 0.3) is 0 Å². The van der Waals surface area contributed by atoms with Gasteiger partial charge in [-0.1, -0.05) is 19.3 Å². The van der Waals surface area contributed by atoms with E-state index in [-0.39, 0.29) is 12.1 Å². The van der Waals surface area contributed by atoms with Crippen molar-refractivity contribution < 1.29 is 14.6 Å². The van der Waals surface area contributed by atoms with Crippen molar-refractivity contribution in [3.63, 3.8) is 0 Å². The first-order chi connectivity index (χ1) is 9.76. The van der Waals surface area contributed by atoms with Crippen LogP contribution in [0.5, 0.6) is 11.8 Å². The molecule has 2 rings (SSSR count). The molecule has 0 spiro atoms. The maximum atomic E-state index is 10.1. The molecule has 1 aliphatic rings. The summed E-state index contributed by atoms with van der Waals surface area (Å²) in [7, 11) is 3.15. The molecule has 6 heteroatoms. The third-order valence-electron chi connectivity index (χ3n) is 3.77. The van der Waals surface area contributed by atoms with Crippen LogP contribution < -0.4 is 14.8 Å². The van der Waals surface area contributed by atoms with Crippen LogP contribution >= 0.6 is 0 Å². The van der Waals surface area contributed by atoms with Crippen molar-refractivity contribution in [2.24, 2.45) is 0 Å². The molecule has 0 aromatic carbocycles. The van der Waals surface area contributed by atoms with E-state index in [1.165, 1.54) is 12.7 Å². The van der Waals surface area contributed by atoms with Gasteiger partial charge in [0.1, 0.15) is 6.33 Å². The first kappa shape index (κ1) is 15.0. The molecule has 6 nitrogen and oxygen atoms in total. The normalized spacial score (nSPS) is 23.1. The van der Waals surface area contributed by atoms with Crippen molar-refractivity contribution in [3.05, 3.63) is 11.9 Å². The number of aliphatic hydroxyl groups excluding tert-OH is 1. The lowest BCUT2D eigenvalue weighted by atomic mass is 10.1. The van der Waals surface area contributed by atoms with E-state index >= 15 is 0 Å². The predicted octanol–water partition coefficient (Wildman–Crippen LogP) is 1.28. The highest BCUT2D eigenvalue weighted by Crippen LogP contribution is 2.24. The number of nitrogens with one attached hydrogen (secondary N) is 1. The number of hydrogen-bond donors (Lipinski definition) is 2. The molecular formula is C14H23N3O3. The van der Waals surface area contributed by atoms with E-state index in [0.29, 0.717) is 18.3 Å². The summed E-state index contributed by atoms with van der Waals surface area (Å²) in [6.07, 6.45) is 6.41. The van der Waals surface area contributed by atoms with Crippen LogP contribution in [0.3, 0.4) is 0 Å². The molecule has 1 saturated carbocycles. The van der Waals surface area contributed by atoms with E-state index in [1.807, 2.05) is 0 Å². The Hall–Kier alpha value is -1.40. The summed E-state index contributed by atoms with van der Waals surface area (Å²) in [5.74, 6) is 1.01. The first-order valence-electron chi connectivity index (χ1n) is 7.09. The second kappa shape index (κ2) is 7.40. The maximum Gasteiger partial charge on any atom is 0.224 e. The van der Waals surface area contributed by atoms with E-state index in [4.69, 9.17) is 9.47 Å². The fraction of sp³-hybridized carbons (Fsp3) is 0.714. The standard InChI is InChI=1S/C14H23N3O3/c1-19-13-10(14(20-2)17-9-16-13)8-15-11-6-4-3-5-7-12(11)18/h9,11-12,15,18H,3-8H2,1-2H3. The first-order valence-corrected chi connectivity index (χ1v) is 7.09. The number of nitrogens with zero attached hydrogens (tertiary/aromatic N) is 2. The molecule has 1 aromatic heterocycles. The van der Waals surface area contributed by atoms with Crippen LogP contribution in [0.25, 0.3) is 0 Å². The zero-order chi connectivity index (χ0) is 14.4. The minimum Gasteiger partial charge on any atom is -0.481 e. The lowest BCUT2D eigenvalue weighted by Crippen LogP contribution is -2.38. The lowest BCUT2D eigenvalue weighted by molar-refractivity contribution is 0.119. The molecule has 20 heavy (non-hydrogen) atoms. The van der Waals surface area contributed by atoms with Crippen LogP contribution in [0.15, 0.2) is 6.33 Å². The molecule has 1 aromatic rings. The fourth-order valence-electron chi connectivity index (χ4n) is 2.64. The molecule has 1 fully saturated rings. The van der Waals surface area contributed by atoms with Gasteiger partial charge in [-0.3, -0.25) is 0 Å². The number of rotatable bonds is 5. The average Bonchev–Trinajstić information content (AvgIpc) is 2.69. The molecule has 0 radical (unpaired) electrons. The Morgan fingerprint density at radius 1 is 1.15 bits per heavy atom. The van der Waals surface area contributed by atoms with Crippen molar-refractivity contribution in [1.29, 1.82) is 0 Å². The number of aliphatic hydroxyl groups is 1. The molecule has 0 bridgehead atoms. The highest BCUT2D eigenvalue weighted by atomic mass is 16.5. The fourth-order valence-corrected chi connectivity index (χ4v) is 2.64. The van der Waals surface area contributed by atoms with Gasteiger partial charge < -0.3 is 19.9 Å². The zero-order valence-electron chi connectivity index (χ0n) is 12.1.